The fourth-order valence-electron chi connectivity index (χ4n) is 2.60. The standard InChI is InChI=1S/C15H23NOS/c17-15-12-14(18)8-7-13(15)6-2-5-11-16-9-3-1-4-10-16/h7-8,12,17-18H,1-6,9-11H2. The average molecular weight is 265 g/mol. The Kier molecular flexibility index (Phi) is 5.39. The topological polar surface area (TPSA) is 23.5 Å². The number of aromatic hydroxyl groups is 1. The van der Waals surface area contributed by atoms with Gasteiger partial charge in [0.15, 0.2) is 0 Å². The van der Waals surface area contributed by atoms with E-state index in [4.69, 9.17) is 0 Å². The monoisotopic (exact) mass is 265 g/mol. The lowest BCUT2D eigenvalue weighted by Gasteiger charge is -2.26. The van der Waals surface area contributed by atoms with E-state index in [2.05, 4.69) is 17.5 Å². The average Bonchev–Trinajstić information content (AvgIpc) is 2.38. The molecule has 0 bridgehead atoms. The van der Waals surface area contributed by atoms with Crippen molar-refractivity contribution in [3.8, 4) is 5.75 Å². The van der Waals surface area contributed by atoms with Gasteiger partial charge in [0.25, 0.3) is 0 Å². The molecular weight excluding hydrogens is 242 g/mol. The van der Waals surface area contributed by atoms with E-state index in [1.165, 1.54) is 45.3 Å². The highest BCUT2D eigenvalue weighted by Gasteiger charge is 2.09. The summed E-state index contributed by atoms with van der Waals surface area (Å²) in [4.78, 5) is 3.39. The van der Waals surface area contributed by atoms with Gasteiger partial charge in [0.1, 0.15) is 5.75 Å². The normalized spacial score (nSPS) is 16.9. The highest BCUT2D eigenvalue weighted by Crippen LogP contribution is 2.22. The van der Waals surface area contributed by atoms with Crippen molar-refractivity contribution >= 4 is 12.6 Å². The molecule has 1 fully saturated rings. The van der Waals surface area contributed by atoms with Gasteiger partial charge in [-0.2, -0.15) is 0 Å². The molecular formula is C15H23NOS. The van der Waals surface area contributed by atoms with Crippen LogP contribution in [0.3, 0.4) is 0 Å². The molecule has 2 nitrogen and oxygen atoms in total. The van der Waals surface area contributed by atoms with E-state index in [1.807, 2.05) is 12.1 Å². The minimum absolute atomic E-state index is 0.389. The molecule has 0 spiro atoms. The Balaban J connectivity index is 1.68. The summed E-state index contributed by atoms with van der Waals surface area (Å²) >= 11 is 4.21. The Bertz CT molecular complexity index is 375. The molecule has 0 aromatic heterocycles. The van der Waals surface area contributed by atoms with Crippen LogP contribution in [0.25, 0.3) is 0 Å². The number of nitrogens with zero attached hydrogens (tertiary/aromatic N) is 1. The zero-order chi connectivity index (χ0) is 12.8. The summed E-state index contributed by atoms with van der Waals surface area (Å²) in [6.07, 6.45) is 7.47. The third-order valence-corrected chi connectivity index (χ3v) is 3.97. The van der Waals surface area contributed by atoms with Crippen molar-refractivity contribution in [3.05, 3.63) is 23.8 Å². The van der Waals surface area contributed by atoms with Crippen LogP contribution in [-0.4, -0.2) is 29.6 Å². The Morgan fingerprint density at radius 2 is 1.89 bits per heavy atom. The van der Waals surface area contributed by atoms with Crippen LogP contribution in [0.5, 0.6) is 5.75 Å². The summed E-state index contributed by atoms with van der Waals surface area (Å²) in [6, 6.07) is 5.66. The second-order valence-corrected chi connectivity index (χ2v) is 5.69. The maximum Gasteiger partial charge on any atom is 0.119 e. The van der Waals surface area contributed by atoms with Crippen molar-refractivity contribution in [1.82, 2.24) is 4.90 Å². The summed E-state index contributed by atoms with van der Waals surface area (Å²) in [6.45, 7) is 3.77. The van der Waals surface area contributed by atoms with Gasteiger partial charge in [0, 0.05) is 4.90 Å². The maximum absolute atomic E-state index is 9.78. The van der Waals surface area contributed by atoms with E-state index >= 15 is 0 Å². The second-order valence-electron chi connectivity index (χ2n) is 5.17. The number of benzene rings is 1. The number of hydrogen-bond donors (Lipinski definition) is 2. The van der Waals surface area contributed by atoms with Gasteiger partial charge in [0.05, 0.1) is 0 Å². The van der Waals surface area contributed by atoms with Crippen molar-refractivity contribution in [3.63, 3.8) is 0 Å². The molecule has 1 aliphatic heterocycles. The van der Waals surface area contributed by atoms with Crippen LogP contribution in [0.15, 0.2) is 23.1 Å². The predicted octanol–water partition coefficient (Wildman–Crippen LogP) is 3.49. The number of rotatable bonds is 5. The van der Waals surface area contributed by atoms with Gasteiger partial charge in [-0.25, -0.2) is 0 Å². The first-order valence-corrected chi connectivity index (χ1v) is 7.43. The molecule has 0 amide bonds. The number of unbranched alkanes of at least 4 members (excludes halogenated alkanes) is 1. The van der Waals surface area contributed by atoms with Gasteiger partial charge in [-0.1, -0.05) is 12.5 Å². The van der Waals surface area contributed by atoms with Crippen LogP contribution in [0.4, 0.5) is 0 Å². The quantitative estimate of drug-likeness (QED) is 0.629. The molecule has 1 heterocycles. The van der Waals surface area contributed by atoms with E-state index in [0.29, 0.717) is 5.75 Å². The third kappa shape index (κ3) is 4.21. The number of aryl methyl sites for hydroxylation is 1. The molecule has 0 atom stereocenters. The summed E-state index contributed by atoms with van der Waals surface area (Å²) in [5, 5.41) is 9.78. The van der Waals surface area contributed by atoms with E-state index < -0.39 is 0 Å². The minimum atomic E-state index is 0.389. The Morgan fingerprint density at radius 3 is 2.61 bits per heavy atom. The third-order valence-electron chi connectivity index (χ3n) is 3.69. The van der Waals surface area contributed by atoms with Gasteiger partial charge in [-0.05, 0) is 69.4 Å². The first-order valence-electron chi connectivity index (χ1n) is 6.99. The molecule has 0 radical (unpaired) electrons. The first kappa shape index (κ1) is 13.8. The summed E-state index contributed by atoms with van der Waals surface area (Å²) in [5.41, 5.74) is 1.05. The van der Waals surface area contributed by atoms with Gasteiger partial charge in [-0.3, -0.25) is 0 Å². The molecule has 0 aliphatic carbocycles. The lowest BCUT2D eigenvalue weighted by atomic mass is 10.1. The highest BCUT2D eigenvalue weighted by atomic mass is 32.1. The smallest absolute Gasteiger partial charge is 0.119 e. The van der Waals surface area contributed by atoms with Crippen LogP contribution >= 0.6 is 12.6 Å². The van der Waals surface area contributed by atoms with Crippen LogP contribution in [0, 0.1) is 0 Å². The first-order chi connectivity index (χ1) is 8.75. The number of hydrogen-bond acceptors (Lipinski definition) is 3. The SMILES string of the molecule is Oc1cc(S)ccc1CCCCN1CCCCC1. The van der Waals surface area contributed by atoms with Crippen molar-refractivity contribution < 1.29 is 5.11 Å². The van der Waals surface area contributed by atoms with Gasteiger partial charge >= 0.3 is 0 Å². The van der Waals surface area contributed by atoms with E-state index in [0.717, 1.165) is 23.3 Å². The molecule has 1 aliphatic rings. The Hall–Kier alpha value is -0.670. The lowest BCUT2D eigenvalue weighted by molar-refractivity contribution is 0.225. The molecule has 0 unspecified atom stereocenters. The van der Waals surface area contributed by atoms with E-state index in [-0.39, 0.29) is 0 Å². The zero-order valence-corrected chi connectivity index (χ0v) is 11.8. The molecule has 1 N–H and O–H groups in total. The lowest BCUT2D eigenvalue weighted by Crippen LogP contribution is -2.30. The van der Waals surface area contributed by atoms with E-state index in [9.17, 15) is 5.11 Å². The predicted molar refractivity (Wildman–Crippen MR) is 78.6 cm³/mol. The largest absolute Gasteiger partial charge is 0.508 e. The summed E-state index contributed by atoms with van der Waals surface area (Å²) in [5.74, 6) is 0.389. The molecule has 0 saturated carbocycles. The summed E-state index contributed by atoms with van der Waals surface area (Å²) < 4.78 is 0. The van der Waals surface area contributed by atoms with Crippen LogP contribution in [0.2, 0.25) is 0 Å². The minimum Gasteiger partial charge on any atom is -0.508 e. The van der Waals surface area contributed by atoms with Crippen molar-refractivity contribution in [2.24, 2.45) is 0 Å². The molecule has 18 heavy (non-hydrogen) atoms. The van der Waals surface area contributed by atoms with Crippen LogP contribution < -0.4 is 0 Å². The fraction of sp³-hybridized carbons (Fsp3) is 0.600. The second kappa shape index (κ2) is 7.05. The molecule has 1 aromatic rings. The molecule has 100 valence electrons. The summed E-state index contributed by atoms with van der Waals surface area (Å²) in [7, 11) is 0. The van der Waals surface area contributed by atoms with Gasteiger partial charge in [-0.15, -0.1) is 12.6 Å². The van der Waals surface area contributed by atoms with E-state index in [1.54, 1.807) is 6.07 Å². The van der Waals surface area contributed by atoms with Crippen molar-refractivity contribution in [1.29, 1.82) is 0 Å². The Morgan fingerprint density at radius 1 is 1.11 bits per heavy atom. The van der Waals surface area contributed by atoms with Gasteiger partial charge in [0.2, 0.25) is 0 Å². The molecule has 3 heteroatoms. The number of thiol groups is 1. The van der Waals surface area contributed by atoms with Crippen LogP contribution in [0.1, 0.15) is 37.7 Å². The number of phenols is 1. The molecule has 1 saturated heterocycles. The van der Waals surface area contributed by atoms with Crippen LogP contribution in [-0.2, 0) is 6.42 Å². The Labute approximate surface area is 115 Å². The maximum atomic E-state index is 9.78. The number of piperidine rings is 1. The molecule has 2 rings (SSSR count). The highest BCUT2D eigenvalue weighted by molar-refractivity contribution is 7.80. The number of phenolic OH excluding ortho intramolecular Hbond substituents is 1. The zero-order valence-electron chi connectivity index (χ0n) is 10.9. The fourth-order valence-corrected chi connectivity index (χ4v) is 2.79. The van der Waals surface area contributed by atoms with Gasteiger partial charge < -0.3 is 10.0 Å². The van der Waals surface area contributed by atoms with Crippen molar-refractivity contribution in [2.75, 3.05) is 19.6 Å². The van der Waals surface area contributed by atoms with Crippen molar-refractivity contribution in [2.45, 2.75) is 43.4 Å². The number of likely N-dealkylation sites (tertiary alicyclic amines) is 1. The molecule has 1 aromatic carbocycles.